The van der Waals surface area contributed by atoms with Crippen LogP contribution in [0, 0.1) is 11.8 Å². The number of hydrogen-bond acceptors (Lipinski definition) is 6. The van der Waals surface area contributed by atoms with E-state index in [-0.39, 0.29) is 0 Å². The van der Waals surface area contributed by atoms with E-state index in [0.717, 1.165) is 41.2 Å². The van der Waals surface area contributed by atoms with Gasteiger partial charge in [0.1, 0.15) is 17.3 Å². The van der Waals surface area contributed by atoms with Crippen LogP contribution in [0.4, 0.5) is 0 Å². The highest BCUT2D eigenvalue weighted by molar-refractivity contribution is 5.64. The summed E-state index contributed by atoms with van der Waals surface area (Å²) >= 11 is 0. The fraction of sp³-hybridized carbons (Fsp3) is 0.464. The van der Waals surface area contributed by atoms with Crippen LogP contribution >= 0.6 is 0 Å². The Bertz CT molecular complexity index is 1240. The summed E-state index contributed by atoms with van der Waals surface area (Å²) in [5, 5.41) is 1.99. The molecule has 2 atom stereocenters. The second-order valence-corrected chi connectivity index (χ2v) is 9.54. The molecule has 35 heavy (non-hydrogen) atoms. The molecule has 1 aromatic carbocycles. The average Bonchev–Trinajstić information content (AvgIpc) is 3.37. The Balaban J connectivity index is 2.19. The first-order chi connectivity index (χ1) is 16.7. The second kappa shape index (κ2) is 11.5. The number of benzene rings is 1. The van der Waals surface area contributed by atoms with Gasteiger partial charge in [-0.05, 0) is 60.5 Å². The Labute approximate surface area is 209 Å². The molecule has 1 fully saturated rings. The molecular formula is C28H39N5O2. The molecule has 0 saturated carbocycles. The first-order valence-corrected chi connectivity index (χ1v) is 11.9. The summed E-state index contributed by atoms with van der Waals surface area (Å²) in [6, 6.07) is 6.47. The van der Waals surface area contributed by atoms with Crippen molar-refractivity contribution >= 4 is 17.6 Å². The third-order valence-corrected chi connectivity index (χ3v) is 6.36. The standard InChI is InChI=1S/C28H39N5O2/c1-9-30-28(29)26-21(11-10-20-12-24(34-7)15-25(13-20)35-8)16-33(27(26)19(2)3)23-14-22(17-31(4)5)32(6)18-23/h9,12-13,15-16,22-23H,14,17-18,29H2,1-8H3/b28-26-,30-9-. The first-order valence-electron chi connectivity index (χ1n) is 11.9. The van der Waals surface area contributed by atoms with Gasteiger partial charge in [-0.1, -0.05) is 17.4 Å². The number of aromatic nitrogens is 1. The van der Waals surface area contributed by atoms with E-state index >= 15 is 0 Å². The van der Waals surface area contributed by atoms with Gasteiger partial charge in [-0.15, -0.1) is 0 Å². The maximum atomic E-state index is 6.50. The Morgan fingerprint density at radius 2 is 1.83 bits per heavy atom. The van der Waals surface area contributed by atoms with Crippen molar-refractivity contribution in [2.75, 3.05) is 48.5 Å². The van der Waals surface area contributed by atoms with Crippen molar-refractivity contribution in [3.8, 4) is 23.3 Å². The van der Waals surface area contributed by atoms with Gasteiger partial charge in [0.25, 0.3) is 0 Å². The molecule has 7 nitrogen and oxygen atoms in total. The minimum absolute atomic E-state index is 0.333. The van der Waals surface area contributed by atoms with E-state index in [1.54, 1.807) is 20.4 Å². The second-order valence-electron chi connectivity index (χ2n) is 9.54. The van der Waals surface area contributed by atoms with Gasteiger partial charge in [0.15, 0.2) is 0 Å². The third-order valence-electron chi connectivity index (χ3n) is 6.36. The zero-order chi connectivity index (χ0) is 25.7. The highest BCUT2D eigenvalue weighted by atomic mass is 16.5. The zero-order valence-corrected chi connectivity index (χ0v) is 22.3. The van der Waals surface area contributed by atoms with Crippen molar-refractivity contribution in [2.24, 2.45) is 10.7 Å². The van der Waals surface area contributed by atoms with Crippen molar-refractivity contribution in [3.63, 3.8) is 0 Å². The van der Waals surface area contributed by atoms with Gasteiger partial charge < -0.3 is 29.6 Å². The van der Waals surface area contributed by atoms with Crippen LogP contribution in [0.3, 0.4) is 0 Å². The number of nitrogens with two attached hydrogens (primary N) is 1. The van der Waals surface area contributed by atoms with E-state index in [0.29, 0.717) is 29.4 Å². The minimum atomic E-state index is 0.333. The van der Waals surface area contributed by atoms with Crippen LogP contribution in [0.5, 0.6) is 11.5 Å². The van der Waals surface area contributed by atoms with Gasteiger partial charge in [0, 0.05) is 49.2 Å². The van der Waals surface area contributed by atoms with Gasteiger partial charge in [-0.2, -0.15) is 0 Å². The Morgan fingerprint density at radius 3 is 2.37 bits per heavy atom. The Hall–Kier alpha value is -3.21. The summed E-state index contributed by atoms with van der Waals surface area (Å²) < 4.78 is 13.2. The molecule has 3 rings (SSSR count). The van der Waals surface area contributed by atoms with Crippen LogP contribution < -0.4 is 25.8 Å². The van der Waals surface area contributed by atoms with E-state index in [2.05, 4.69) is 72.4 Å². The molecule has 2 unspecified atom stereocenters. The van der Waals surface area contributed by atoms with E-state index in [1.165, 1.54) is 5.57 Å². The third kappa shape index (κ3) is 6.08. The number of likely N-dealkylation sites (N-methyl/N-ethyl adjacent to an activating group) is 2. The molecule has 2 heterocycles. The topological polar surface area (TPSA) is 68.2 Å². The summed E-state index contributed by atoms with van der Waals surface area (Å²) in [5.41, 5.74) is 9.36. The number of likely N-dealkylation sites (tertiary alicyclic amines) is 1. The summed E-state index contributed by atoms with van der Waals surface area (Å²) in [4.78, 5) is 9.14. The molecule has 2 aromatic rings. The van der Waals surface area contributed by atoms with Gasteiger partial charge >= 0.3 is 0 Å². The van der Waals surface area contributed by atoms with Crippen molar-refractivity contribution in [3.05, 3.63) is 46.1 Å². The molecule has 0 aliphatic carbocycles. The molecule has 0 radical (unpaired) electrons. The fourth-order valence-electron chi connectivity index (χ4n) is 4.78. The van der Waals surface area contributed by atoms with Crippen LogP contribution in [0.25, 0.3) is 11.4 Å². The number of ether oxygens (including phenoxy) is 2. The van der Waals surface area contributed by atoms with Crippen LogP contribution in [0.1, 0.15) is 44.4 Å². The maximum absolute atomic E-state index is 6.50. The van der Waals surface area contributed by atoms with Crippen LogP contribution in [-0.2, 0) is 0 Å². The Morgan fingerprint density at radius 1 is 1.17 bits per heavy atom. The van der Waals surface area contributed by atoms with E-state index in [9.17, 15) is 0 Å². The molecule has 1 aliphatic heterocycles. The van der Waals surface area contributed by atoms with Crippen molar-refractivity contribution in [1.29, 1.82) is 0 Å². The first kappa shape index (κ1) is 26.4. The van der Waals surface area contributed by atoms with Gasteiger partial charge in [-0.3, -0.25) is 0 Å². The molecule has 1 aromatic heterocycles. The SMILES string of the molecule is C/C=N\C(N)=c1\c(C#Cc2cc(OC)cc(OC)c2)cn(C2CC(CN(C)C)N(C)C2)c1=C(C)C. The summed E-state index contributed by atoms with van der Waals surface area (Å²) in [7, 11) is 9.74. The van der Waals surface area contributed by atoms with Crippen molar-refractivity contribution < 1.29 is 9.47 Å². The molecule has 1 saturated heterocycles. The smallest absolute Gasteiger partial charge is 0.133 e. The Kier molecular flexibility index (Phi) is 8.66. The highest BCUT2D eigenvalue weighted by Gasteiger charge is 2.31. The van der Waals surface area contributed by atoms with Crippen LogP contribution in [0.2, 0.25) is 0 Å². The molecular weight excluding hydrogens is 438 g/mol. The van der Waals surface area contributed by atoms with E-state index in [4.69, 9.17) is 15.2 Å². The number of nitrogens with zero attached hydrogens (tertiary/aromatic N) is 4. The molecule has 0 spiro atoms. The molecule has 7 heteroatoms. The van der Waals surface area contributed by atoms with E-state index in [1.807, 2.05) is 25.1 Å². The van der Waals surface area contributed by atoms with Crippen LogP contribution in [0.15, 0.2) is 29.4 Å². The quantitative estimate of drug-likeness (QED) is 0.509. The molecule has 0 amide bonds. The van der Waals surface area contributed by atoms with Gasteiger partial charge in [0.05, 0.1) is 30.4 Å². The number of methoxy groups -OCH3 is 2. The highest BCUT2D eigenvalue weighted by Crippen LogP contribution is 2.26. The van der Waals surface area contributed by atoms with Crippen LogP contribution in [-0.4, -0.2) is 75.1 Å². The molecule has 188 valence electrons. The average molecular weight is 478 g/mol. The number of rotatable bonds is 6. The largest absolute Gasteiger partial charge is 0.497 e. The zero-order valence-electron chi connectivity index (χ0n) is 22.3. The van der Waals surface area contributed by atoms with Gasteiger partial charge in [0.2, 0.25) is 0 Å². The van der Waals surface area contributed by atoms with Crippen molar-refractivity contribution in [1.82, 2.24) is 14.4 Å². The lowest BCUT2D eigenvalue weighted by Gasteiger charge is -2.22. The lowest BCUT2D eigenvalue weighted by Crippen LogP contribution is -2.37. The summed E-state index contributed by atoms with van der Waals surface area (Å²) in [6.45, 7) is 8.13. The number of hydrogen-bond donors (Lipinski definition) is 1. The summed E-state index contributed by atoms with van der Waals surface area (Å²) in [5.74, 6) is 8.55. The lowest BCUT2D eigenvalue weighted by molar-refractivity contribution is 0.243. The van der Waals surface area contributed by atoms with E-state index < -0.39 is 0 Å². The minimum Gasteiger partial charge on any atom is -0.497 e. The molecule has 0 bridgehead atoms. The summed E-state index contributed by atoms with van der Waals surface area (Å²) in [6.07, 6.45) is 4.94. The number of aliphatic imine (C=N–C) groups is 1. The predicted molar refractivity (Wildman–Crippen MR) is 144 cm³/mol. The predicted octanol–water partition coefficient (Wildman–Crippen LogP) is 2.02. The van der Waals surface area contributed by atoms with Gasteiger partial charge in [-0.25, -0.2) is 4.99 Å². The lowest BCUT2D eigenvalue weighted by atomic mass is 10.1. The maximum Gasteiger partial charge on any atom is 0.133 e. The fourth-order valence-corrected chi connectivity index (χ4v) is 4.78. The monoisotopic (exact) mass is 477 g/mol. The molecule has 2 N–H and O–H groups in total. The normalized spacial score (nSPS) is 19.1. The molecule has 1 aliphatic rings. The van der Waals surface area contributed by atoms with Crippen molar-refractivity contribution in [2.45, 2.75) is 39.3 Å².